The normalized spacial score (nSPS) is 14.4. The fraction of sp³-hybridized carbons (Fsp3) is 0.323. The van der Waals surface area contributed by atoms with Crippen LogP contribution in [0.5, 0.6) is 0 Å². The van der Waals surface area contributed by atoms with Crippen molar-refractivity contribution < 1.29 is 0 Å². The fourth-order valence-corrected chi connectivity index (χ4v) is 3.80. The molecule has 0 atom stereocenters. The molecule has 1 aliphatic carbocycles. The van der Waals surface area contributed by atoms with Gasteiger partial charge in [-0.25, -0.2) is 0 Å². The summed E-state index contributed by atoms with van der Waals surface area (Å²) < 4.78 is 0. The van der Waals surface area contributed by atoms with Gasteiger partial charge < -0.3 is 15.5 Å². The van der Waals surface area contributed by atoms with E-state index in [-0.39, 0.29) is 5.54 Å². The molecule has 0 bridgehead atoms. The lowest BCUT2D eigenvalue weighted by atomic mass is 10.0. The van der Waals surface area contributed by atoms with Crippen molar-refractivity contribution in [3.8, 4) is 0 Å². The predicted molar refractivity (Wildman–Crippen MR) is 152 cm³/mol. The van der Waals surface area contributed by atoms with Crippen molar-refractivity contribution >= 4 is 17.0 Å². The third kappa shape index (κ3) is 8.11. The van der Waals surface area contributed by atoms with Gasteiger partial charge in [0.25, 0.3) is 0 Å². The van der Waals surface area contributed by atoms with Crippen molar-refractivity contribution in [2.45, 2.75) is 58.7 Å². The number of nitrogens with zero attached hydrogens (tertiary/aromatic N) is 2. The zero-order valence-corrected chi connectivity index (χ0v) is 21.8. The quantitative estimate of drug-likeness (QED) is 0.324. The molecule has 2 N–H and O–H groups in total. The number of allylic oxidation sites excluding steroid dienone is 3. The molecule has 0 radical (unpaired) electrons. The summed E-state index contributed by atoms with van der Waals surface area (Å²) >= 11 is 0. The molecule has 1 saturated carbocycles. The molecule has 0 spiro atoms. The zero-order valence-electron chi connectivity index (χ0n) is 21.8. The van der Waals surface area contributed by atoms with Crippen LogP contribution in [0.4, 0.5) is 5.69 Å². The lowest BCUT2D eigenvalue weighted by Crippen LogP contribution is -2.36. The van der Waals surface area contributed by atoms with Crippen molar-refractivity contribution in [3.05, 3.63) is 109 Å². The first-order valence-electron chi connectivity index (χ1n) is 12.4. The van der Waals surface area contributed by atoms with Crippen LogP contribution in [0, 0.1) is 0 Å². The Morgan fingerprint density at radius 1 is 1.17 bits per heavy atom. The molecule has 0 saturated heterocycles. The van der Waals surface area contributed by atoms with Crippen LogP contribution in [0.15, 0.2) is 92.3 Å². The van der Waals surface area contributed by atoms with Crippen LogP contribution in [0.3, 0.4) is 0 Å². The molecule has 3 rings (SSSR count). The Morgan fingerprint density at radius 2 is 1.94 bits per heavy atom. The van der Waals surface area contributed by atoms with Gasteiger partial charge in [-0.05, 0) is 93.3 Å². The largest absolute Gasteiger partial charge is 0.371 e. The Bertz CT molecular complexity index is 1110. The molecule has 0 unspecified atom stereocenters. The van der Waals surface area contributed by atoms with E-state index in [4.69, 9.17) is 0 Å². The second-order valence-corrected chi connectivity index (χ2v) is 10.1. The number of benzene rings is 1. The number of nitrogens with one attached hydrogen (secondary N) is 2. The third-order valence-electron chi connectivity index (χ3n) is 5.98. The molecule has 35 heavy (non-hydrogen) atoms. The summed E-state index contributed by atoms with van der Waals surface area (Å²) in [5.74, 6) is 0. The number of pyridine rings is 1. The maximum atomic E-state index is 4.57. The number of aromatic nitrogens is 1. The minimum atomic E-state index is 0.0462. The minimum Gasteiger partial charge on any atom is -0.371 e. The summed E-state index contributed by atoms with van der Waals surface area (Å²) in [4.78, 5) is 6.89. The Balaban J connectivity index is 1.72. The fourth-order valence-electron chi connectivity index (χ4n) is 3.80. The highest BCUT2D eigenvalue weighted by Gasteiger charge is 2.26. The van der Waals surface area contributed by atoms with Crippen molar-refractivity contribution in [3.63, 3.8) is 0 Å². The van der Waals surface area contributed by atoms with E-state index < -0.39 is 0 Å². The lowest BCUT2D eigenvalue weighted by Gasteiger charge is -2.21. The van der Waals surface area contributed by atoms with Gasteiger partial charge in [-0.2, -0.15) is 0 Å². The number of rotatable bonds is 12. The smallest absolute Gasteiger partial charge is 0.0864 e. The van der Waals surface area contributed by atoms with Crippen LogP contribution >= 0.6 is 0 Å². The molecule has 0 aliphatic heterocycles. The standard InChI is InChI=1S/C31H40N4/c1-8-24(21-33-31(5,6)7)18-26(9-2)27-16-17-32-30(20-27)23(4)34-28-13-11-12-25(19-28)22-35(10-3)29-14-15-29/h8-13,16-20,29,33-34H,1,3-4,14-15,21-22H2,2,5-7H3/b24-18+,26-9+. The zero-order chi connectivity index (χ0) is 25.4. The van der Waals surface area contributed by atoms with E-state index in [1.807, 2.05) is 24.5 Å². The first-order chi connectivity index (χ1) is 16.7. The first kappa shape index (κ1) is 26.2. The average molecular weight is 469 g/mol. The summed E-state index contributed by atoms with van der Waals surface area (Å²) in [7, 11) is 0. The second-order valence-electron chi connectivity index (χ2n) is 10.1. The molecule has 1 heterocycles. The van der Waals surface area contributed by atoms with E-state index in [1.165, 1.54) is 18.4 Å². The Morgan fingerprint density at radius 3 is 2.57 bits per heavy atom. The van der Waals surface area contributed by atoms with Crippen molar-refractivity contribution in [2.24, 2.45) is 0 Å². The highest BCUT2D eigenvalue weighted by atomic mass is 15.2. The van der Waals surface area contributed by atoms with Crippen LogP contribution in [0.2, 0.25) is 0 Å². The SMILES string of the molecule is C=C/C(=C\C(=C/C)c1ccnc(C(=C)Nc2cccc(CN(C=C)C3CC3)c2)c1)CNC(C)(C)C. The van der Waals surface area contributed by atoms with Crippen LogP contribution in [0.25, 0.3) is 11.3 Å². The van der Waals surface area contributed by atoms with Crippen molar-refractivity contribution in [1.82, 2.24) is 15.2 Å². The maximum absolute atomic E-state index is 4.57. The predicted octanol–water partition coefficient (Wildman–Crippen LogP) is 7.18. The van der Waals surface area contributed by atoms with Gasteiger partial charge in [0.1, 0.15) is 0 Å². The van der Waals surface area contributed by atoms with Gasteiger partial charge >= 0.3 is 0 Å². The molecule has 0 amide bonds. The van der Waals surface area contributed by atoms with E-state index in [0.717, 1.165) is 46.9 Å². The number of hydrogen-bond donors (Lipinski definition) is 2. The lowest BCUT2D eigenvalue weighted by molar-refractivity contribution is 0.360. The molecular weight excluding hydrogens is 428 g/mol. The molecule has 1 aromatic carbocycles. The summed E-state index contributed by atoms with van der Waals surface area (Å²) in [6, 6.07) is 13.2. The number of anilines is 1. The Kier molecular flexibility index (Phi) is 8.89. The summed E-state index contributed by atoms with van der Waals surface area (Å²) in [6.07, 6.45) is 12.5. The third-order valence-corrected chi connectivity index (χ3v) is 5.98. The highest BCUT2D eigenvalue weighted by Crippen LogP contribution is 2.29. The van der Waals surface area contributed by atoms with Gasteiger partial charge in [0.05, 0.1) is 11.4 Å². The van der Waals surface area contributed by atoms with Gasteiger partial charge in [-0.15, -0.1) is 0 Å². The molecule has 2 aromatic rings. The van der Waals surface area contributed by atoms with E-state index in [0.29, 0.717) is 6.04 Å². The van der Waals surface area contributed by atoms with Crippen LogP contribution in [0.1, 0.15) is 57.4 Å². The second kappa shape index (κ2) is 11.9. The van der Waals surface area contributed by atoms with Gasteiger partial charge in [-0.1, -0.05) is 50.1 Å². The van der Waals surface area contributed by atoms with Gasteiger partial charge in [0, 0.05) is 36.6 Å². The minimum absolute atomic E-state index is 0.0462. The van der Waals surface area contributed by atoms with Crippen LogP contribution < -0.4 is 10.6 Å². The van der Waals surface area contributed by atoms with Crippen LogP contribution in [-0.4, -0.2) is 28.0 Å². The van der Waals surface area contributed by atoms with E-state index in [1.54, 1.807) is 0 Å². The Hall–Kier alpha value is -3.37. The molecule has 4 heteroatoms. The van der Waals surface area contributed by atoms with Gasteiger partial charge in [0.15, 0.2) is 0 Å². The summed E-state index contributed by atoms with van der Waals surface area (Å²) in [5, 5.41) is 6.97. The maximum Gasteiger partial charge on any atom is 0.0864 e. The molecular formula is C31H40N4. The first-order valence-corrected chi connectivity index (χ1v) is 12.4. The summed E-state index contributed by atoms with van der Waals surface area (Å²) in [5.41, 5.74) is 7.24. The molecule has 184 valence electrons. The molecule has 1 fully saturated rings. The van der Waals surface area contributed by atoms with E-state index in [2.05, 4.69) is 110 Å². The highest BCUT2D eigenvalue weighted by molar-refractivity contribution is 5.79. The van der Waals surface area contributed by atoms with Gasteiger partial charge in [-0.3, -0.25) is 4.98 Å². The van der Waals surface area contributed by atoms with Crippen molar-refractivity contribution in [1.29, 1.82) is 0 Å². The average Bonchev–Trinajstić information content (AvgIpc) is 3.68. The summed E-state index contributed by atoms with van der Waals surface area (Å²) in [6.45, 7) is 22.4. The molecule has 1 aromatic heterocycles. The molecule has 1 aliphatic rings. The molecule has 4 nitrogen and oxygen atoms in total. The topological polar surface area (TPSA) is 40.2 Å². The van der Waals surface area contributed by atoms with E-state index >= 15 is 0 Å². The van der Waals surface area contributed by atoms with Crippen molar-refractivity contribution in [2.75, 3.05) is 11.9 Å². The van der Waals surface area contributed by atoms with Crippen LogP contribution in [-0.2, 0) is 6.54 Å². The monoisotopic (exact) mass is 468 g/mol. The number of hydrogen-bond acceptors (Lipinski definition) is 4. The van der Waals surface area contributed by atoms with Gasteiger partial charge in [0.2, 0.25) is 0 Å². The Labute approximate surface area is 211 Å². The van der Waals surface area contributed by atoms with E-state index in [9.17, 15) is 0 Å².